The van der Waals surface area contributed by atoms with Gasteiger partial charge in [-0.05, 0) is 17.7 Å². The van der Waals surface area contributed by atoms with Crippen LogP contribution in [0.2, 0.25) is 0 Å². The highest BCUT2D eigenvalue weighted by molar-refractivity contribution is 9.10. The van der Waals surface area contributed by atoms with Crippen molar-refractivity contribution in [2.45, 2.75) is 12.4 Å². The summed E-state index contributed by atoms with van der Waals surface area (Å²) in [6, 6.07) is 8.21. The number of rotatable bonds is 3. The summed E-state index contributed by atoms with van der Waals surface area (Å²) in [6.07, 6.45) is 3.76. The van der Waals surface area contributed by atoms with Crippen LogP contribution in [-0.4, -0.2) is 9.78 Å². The summed E-state index contributed by atoms with van der Waals surface area (Å²) in [4.78, 5) is 0. The van der Waals surface area contributed by atoms with Gasteiger partial charge in [0.25, 0.3) is 0 Å². The van der Waals surface area contributed by atoms with E-state index in [2.05, 4.69) is 33.2 Å². The van der Waals surface area contributed by atoms with Crippen LogP contribution in [-0.2, 0) is 12.4 Å². The summed E-state index contributed by atoms with van der Waals surface area (Å²) >= 11 is 9.11. The average molecular weight is 286 g/mol. The smallest absolute Gasteiger partial charge is 0.0659 e. The van der Waals surface area contributed by atoms with Gasteiger partial charge in [0.15, 0.2) is 0 Å². The van der Waals surface area contributed by atoms with E-state index in [9.17, 15) is 0 Å². The van der Waals surface area contributed by atoms with E-state index in [0.29, 0.717) is 5.88 Å². The summed E-state index contributed by atoms with van der Waals surface area (Å²) in [5.74, 6) is 0.514. The lowest BCUT2D eigenvalue weighted by atomic mass is 10.2. The predicted octanol–water partition coefficient (Wildman–Crippen LogP) is 3.43. The third-order valence-corrected chi connectivity index (χ3v) is 2.94. The van der Waals surface area contributed by atoms with Gasteiger partial charge in [0.2, 0.25) is 0 Å². The maximum Gasteiger partial charge on any atom is 0.0659 e. The van der Waals surface area contributed by atoms with Crippen molar-refractivity contribution in [3.05, 3.63) is 52.3 Å². The van der Waals surface area contributed by atoms with E-state index >= 15 is 0 Å². The van der Waals surface area contributed by atoms with Gasteiger partial charge in [0, 0.05) is 16.2 Å². The minimum atomic E-state index is 0.514. The average Bonchev–Trinajstić information content (AvgIpc) is 2.69. The van der Waals surface area contributed by atoms with E-state index in [-0.39, 0.29) is 0 Å². The van der Waals surface area contributed by atoms with Crippen molar-refractivity contribution in [3.63, 3.8) is 0 Å². The van der Waals surface area contributed by atoms with Gasteiger partial charge < -0.3 is 0 Å². The van der Waals surface area contributed by atoms with Crippen molar-refractivity contribution >= 4 is 27.5 Å². The maximum atomic E-state index is 5.70. The molecule has 0 fully saturated rings. The van der Waals surface area contributed by atoms with Crippen LogP contribution < -0.4 is 0 Å². The number of hydrogen-bond acceptors (Lipinski definition) is 1. The van der Waals surface area contributed by atoms with Crippen molar-refractivity contribution in [1.82, 2.24) is 9.78 Å². The molecule has 15 heavy (non-hydrogen) atoms. The maximum absolute atomic E-state index is 5.70. The van der Waals surface area contributed by atoms with Gasteiger partial charge in [-0.3, -0.25) is 4.68 Å². The molecule has 4 heteroatoms. The van der Waals surface area contributed by atoms with E-state index in [1.54, 1.807) is 6.20 Å². The molecule has 0 saturated heterocycles. The molecule has 0 radical (unpaired) electrons. The molecule has 2 rings (SSSR count). The number of alkyl halides is 1. The lowest BCUT2D eigenvalue weighted by molar-refractivity contribution is 0.686. The molecule has 0 N–H and O–H groups in total. The Balaban J connectivity index is 2.11. The molecule has 0 saturated carbocycles. The molecular formula is C11H10BrClN2. The van der Waals surface area contributed by atoms with Gasteiger partial charge in [0.05, 0.1) is 18.6 Å². The Bertz CT molecular complexity index is 436. The first-order chi connectivity index (χ1) is 7.28. The summed E-state index contributed by atoms with van der Waals surface area (Å²) < 4.78 is 2.98. The molecule has 2 aromatic rings. The minimum Gasteiger partial charge on any atom is -0.268 e. The van der Waals surface area contributed by atoms with E-state index in [1.165, 1.54) is 5.56 Å². The Kier molecular flexibility index (Phi) is 3.44. The molecule has 0 unspecified atom stereocenters. The topological polar surface area (TPSA) is 17.8 Å². The summed E-state index contributed by atoms with van der Waals surface area (Å²) in [5, 5.41) is 4.23. The van der Waals surface area contributed by atoms with Crippen LogP contribution in [0.5, 0.6) is 0 Å². The number of halogens is 2. The summed E-state index contributed by atoms with van der Waals surface area (Å²) in [6.45, 7) is 0.782. The number of aromatic nitrogens is 2. The first kappa shape index (κ1) is 10.7. The molecule has 78 valence electrons. The second-order valence-corrected chi connectivity index (χ2v) is 4.49. The van der Waals surface area contributed by atoms with Crippen LogP contribution in [0.1, 0.15) is 11.1 Å². The van der Waals surface area contributed by atoms with Gasteiger partial charge >= 0.3 is 0 Å². The highest BCUT2D eigenvalue weighted by atomic mass is 79.9. The fraction of sp³-hybridized carbons (Fsp3) is 0.182. The van der Waals surface area contributed by atoms with E-state index < -0.39 is 0 Å². The first-order valence-electron chi connectivity index (χ1n) is 4.59. The molecule has 1 heterocycles. The van der Waals surface area contributed by atoms with Gasteiger partial charge in [-0.25, -0.2) is 0 Å². The third kappa shape index (κ3) is 2.83. The molecule has 1 aromatic heterocycles. The first-order valence-corrected chi connectivity index (χ1v) is 5.92. The molecular weight excluding hydrogens is 275 g/mol. The highest BCUT2D eigenvalue weighted by Crippen LogP contribution is 2.11. The fourth-order valence-corrected chi connectivity index (χ4v) is 1.74. The molecule has 2 nitrogen and oxygen atoms in total. The standard InChI is InChI=1S/C11H10BrClN2/c12-11-3-1-9(2-4-11)7-15-8-10(5-13)6-14-15/h1-4,6,8H,5,7H2. The van der Waals surface area contributed by atoms with Crippen molar-refractivity contribution in [2.24, 2.45) is 0 Å². The second kappa shape index (κ2) is 4.81. The van der Waals surface area contributed by atoms with Gasteiger partial charge in [-0.15, -0.1) is 11.6 Å². The zero-order valence-electron chi connectivity index (χ0n) is 8.03. The summed E-state index contributed by atoms with van der Waals surface area (Å²) in [7, 11) is 0. The van der Waals surface area contributed by atoms with Crippen LogP contribution in [0.3, 0.4) is 0 Å². The zero-order valence-corrected chi connectivity index (χ0v) is 10.4. The number of hydrogen-bond donors (Lipinski definition) is 0. The molecule has 0 spiro atoms. The van der Waals surface area contributed by atoms with E-state index in [0.717, 1.165) is 16.6 Å². The molecule has 1 aromatic carbocycles. The molecule has 0 atom stereocenters. The van der Waals surface area contributed by atoms with Crippen LogP contribution in [0.4, 0.5) is 0 Å². The van der Waals surface area contributed by atoms with Crippen molar-refractivity contribution in [3.8, 4) is 0 Å². The van der Waals surface area contributed by atoms with Crippen LogP contribution >= 0.6 is 27.5 Å². The summed E-state index contributed by atoms with van der Waals surface area (Å²) in [5.41, 5.74) is 2.27. The second-order valence-electron chi connectivity index (χ2n) is 3.31. The number of benzene rings is 1. The van der Waals surface area contributed by atoms with Crippen molar-refractivity contribution in [2.75, 3.05) is 0 Å². The van der Waals surface area contributed by atoms with Crippen molar-refractivity contribution in [1.29, 1.82) is 0 Å². The van der Waals surface area contributed by atoms with Crippen LogP contribution in [0.15, 0.2) is 41.1 Å². The van der Waals surface area contributed by atoms with Crippen LogP contribution in [0.25, 0.3) is 0 Å². The van der Waals surface area contributed by atoms with Gasteiger partial charge in [-0.2, -0.15) is 5.10 Å². The Hall–Kier alpha value is -0.800. The number of nitrogens with zero attached hydrogens (tertiary/aromatic N) is 2. The lowest BCUT2D eigenvalue weighted by Crippen LogP contribution is -1.99. The van der Waals surface area contributed by atoms with E-state index in [4.69, 9.17) is 11.6 Å². The SMILES string of the molecule is ClCc1cnn(Cc2ccc(Br)cc2)c1. The predicted molar refractivity (Wildman–Crippen MR) is 65.0 cm³/mol. The lowest BCUT2D eigenvalue weighted by Gasteiger charge is -2.01. The minimum absolute atomic E-state index is 0.514. The largest absolute Gasteiger partial charge is 0.268 e. The fourth-order valence-electron chi connectivity index (χ4n) is 1.34. The molecule has 0 amide bonds. The molecule has 0 aliphatic rings. The normalized spacial score (nSPS) is 10.5. The Labute approximate surface area is 102 Å². The molecule has 0 aliphatic carbocycles. The molecule has 0 aliphatic heterocycles. The van der Waals surface area contributed by atoms with Gasteiger partial charge in [-0.1, -0.05) is 28.1 Å². The monoisotopic (exact) mass is 284 g/mol. The van der Waals surface area contributed by atoms with Crippen molar-refractivity contribution < 1.29 is 0 Å². The van der Waals surface area contributed by atoms with E-state index in [1.807, 2.05) is 23.0 Å². The van der Waals surface area contributed by atoms with Gasteiger partial charge in [0.1, 0.15) is 0 Å². The quantitative estimate of drug-likeness (QED) is 0.790. The highest BCUT2D eigenvalue weighted by Gasteiger charge is 1.98. The Morgan fingerprint density at radius 1 is 1.20 bits per heavy atom. The zero-order chi connectivity index (χ0) is 10.7. The Morgan fingerprint density at radius 3 is 2.53 bits per heavy atom. The Morgan fingerprint density at radius 2 is 1.93 bits per heavy atom. The van der Waals surface area contributed by atoms with Crippen LogP contribution in [0, 0.1) is 0 Å². The molecule has 0 bridgehead atoms. The third-order valence-electron chi connectivity index (χ3n) is 2.10.